The molecule has 2 aromatic rings. The lowest BCUT2D eigenvalue weighted by atomic mass is 10.1. The van der Waals surface area contributed by atoms with Crippen LogP contribution in [0, 0.1) is 5.92 Å². The molecule has 25 heavy (non-hydrogen) atoms. The molecule has 0 aliphatic carbocycles. The Labute approximate surface area is 147 Å². The fraction of sp³-hybridized carbons (Fsp3) is 0.500. The maximum Gasteiger partial charge on any atom is 0.258 e. The largest absolute Gasteiger partial charge is 0.491 e. The second-order valence-corrected chi connectivity index (χ2v) is 7.55. The lowest BCUT2D eigenvalue weighted by molar-refractivity contribution is 0.166. The summed E-state index contributed by atoms with van der Waals surface area (Å²) >= 11 is 0. The van der Waals surface area contributed by atoms with E-state index in [1.165, 1.54) is 16.9 Å². The number of aromatic nitrogens is 3. The summed E-state index contributed by atoms with van der Waals surface area (Å²) in [6.45, 7) is 4.44. The Morgan fingerprint density at radius 3 is 3.04 bits per heavy atom. The Morgan fingerprint density at radius 1 is 1.40 bits per heavy atom. The second kappa shape index (κ2) is 7.94. The van der Waals surface area contributed by atoms with Gasteiger partial charge in [-0.05, 0) is 25.5 Å². The van der Waals surface area contributed by atoms with Crippen molar-refractivity contribution in [1.29, 1.82) is 0 Å². The van der Waals surface area contributed by atoms with E-state index >= 15 is 0 Å². The first-order valence-electron chi connectivity index (χ1n) is 8.25. The van der Waals surface area contributed by atoms with Gasteiger partial charge < -0.3 is 9.47 Å². The second-order valence-electron chi connectivity index (χ2n) is 5.83. The Morgan fingerprint density at radius 2 is 2.28 bits per heavy atom. The predicted octanol–water partition coefficient (Wildman–Crippen LogP) is 1.19. The van der Waals surface area contributed by atoms with E-state index in [0.29, 0.717) is 31.4 Å². The average Bonchev–Trinajstić information content (AvgIpc) is 3.30. The summed E-state index contributed by atoms with van der Waals surface area (Å²) in [4.78, 5) is 4.06. The number of rotatable bonds is 8. The number of nitrogens with zero attached hydrogens (tertiary/aromatic N) is 3. The van der Waals surface area contributed by atoms with E-state index in [1.807, 2.05) is 6.92 Å². The van der Waals surface area contributed by atoms with Crippen molar-refractivity contribution in [3.8, 4) is 5.75 Å². The Bertz CT molecular complexity index is 800. The van der Waals surface area contributed by atoms with Crippen LogP contribution in [-0.2, 0) is 27.8 Å². The number of ether oxygens (including phenoxy) is 2. The minimum Gasteiger partial charge on any atom is -0.491 e. The minimum atomic E-state index is -3.65. The maximum absolute atomic E-state index is 12.5. The third-order valence-corrected chi connectivity index (χ3v) is 5.50. The highest BCUT2D eigenvalue weighted by Gasteiger charge is 2.20. The van der Waals surface area contributed by atoms with E-state index < -0.39 is 10.0 Å². The van der Waals surface area contributed by atoms with Crippen molar-refractivity contribution in [3.05, 3.63) is 36.3 Å². The molecule has 1 aliphatic rings. The van der Waals surface area contributed by atoms with Gasteiger partial charge in [0.05, 0.1) is 25.6 Å². The van der Waals surface area contributed by atoms with Gasteiger partial charge in [0.15, 0.2) is 5.03 Å². The molecule has 0 spiro atoms. The summed E-state index contributed by atoms with van der Waals surface area (Å²) < 4.78 is 40.2. The fourth-order valence-electron chi connectivity index (χ4n) is 2.64. The van der Waals surface area contributed by atoms with Crippen LogP contribution in [0.2, 0.25) is 0 Å². The first-order valence-corrected chi connectivity index (χ1v) is 9.73. The van der Waals surface area contributed by atoms with E-state index in [1.54, 1.807) is 18.5 Å². The van der Waals surface area contributed by atoms with Crippen molar-refractivity contribution < 1.29 is 17.9 Å². The highest BCUT2D eigenvalue weighted by atomic mass is 32.2. The van der Waals surface area contributed by atoms with Crippen LogP contribution in [0.4, 0.5) is 0 Å². The van der Waals surface area contributed by atoms with Gasteiger partial charge in [-0.3, -0.25) is 9.67 Å². The molecule has 0 radical (unpaired) electrons. The molecule has 3 rings (SSSR count). The Kier molecular flexibility index (Phi) is 5.67. The highest BCUT2D eigenvalue weighted by molar-refractivity contribution is 7.89. The molecule has 1 fully saturated rings. The topological polar surface area (TPSA) is 95.3 Å². The number of pyridine rings is 1. The van der Waals surface area contributed by atoms with Gasteiger partial charge >= 0.3 is 0 Å². The molecule has 2 aromatic heterocycles. The van der Waals surface area contributed by atoms with Crippen LogP contribution in [-0.4, -0.2) is 43.0 Å². The zero-order chi connectivity index (χ0) is 17.7. The molecule has 1 atom stereocenters. The summed E-state index contributed by atoms with van der Waals surface area (Å²) in [5, 5.41) is 4.15. The summed E-state index contributed by atoms with van der Waals surface area (Å²) in [5.41, 5.74) is 0.736. The van der Waals surface area contributed by atoms with Crippen molar-refractivity contribution in [1.82, 2.24) is 19.5 Å². The summed E-state index contributed by atoms with van der Waals surface area (Å²) in [6, 6.07) is 3.23. The third kappa shape index (κ3) is 4.36. The van der Waals surface area contributed by atoms with Crippen LogP contribution in [0.1, 0.15) is 18.9 Å². The van der Waals surface area contributed by atoms with Gasteiger partial charge in [0.25, 0.3) is 10.0 Å². The van der Waals surface area contributed by atoms with Crippen LogP contribution in [0.5, 0.6) is 5.75 Å². The van der Waals surface area contributed by atoms with Gasteiger partial charge in [-0.25, -0.2) is 13.1 Å². The Hall–Kier alpha value is -1.97. The van der Waals surface area contributed by atoms with E-state index in [0.717, 1.165) is 18.6 Å². The Balaban J connectivity index is 1.66. The van der Waals surface area contributed by atoms with Gasteiger partial charge in [-0.2, -0.15) is 5.10 Å². The molecule has 1 unspecified atom stereocenters. The van der Waals surface area contributed by atoms with Crippen molar-refractivity contribution in [2.75, 3.05) is 19.8 Å². The van der Waals surface area contributed by atoms with Crippen molar-refractivity contribution in [2.24, 2.45) is 5.92 Å². The molecule has 136 valence electrons. The number of sulfonamides is 1. The number of hydrogen-bond donors (Lipinski definition) is 1. The summed E-state index contributed by atoms with van der Waals surface area (Å²) in [7, 11) is -3.65. The van der Waals surface area contributed by atoms with Gasteiger partial charge in [0.2, 0.25) is 0 Å². The molecule has 1 N–H and O–H groups in total. The summed E-state index contributed by atoms with van der Waals surface area (Å²) in [6.07, 6.45) is 5.67. The SMILES string of the molecule is CCn1nccc1S(=O)(=O)NCc1ccncc1OCC1CCOC1. The molecule has 0 saturated carbocycles. The van der Waals surface area contributed by atoms with Crippen LogP contribution >= 0.6 is 0 Å². The quantitative estimate of drug-likeness (QED) is 0.754. The zero-order valence-electron chi connectivity index (χ0n) is 14.1. The summed E-state index contributed by atoms with van der Waals surface area (Å²) in [5.74, 6) is 0.949. The molecule has 0 bridgehead atoms. The van der Waals surface area contributed by atoms with Crippen molar-refractivity contribution in [3.63, 3.8) is 0 Å². The molecular weight excluding hydrogens is 344 g/mol. The normalized spacial score (nSPS) is 17.7. The van der Waals surface area contributed by atoms with E-state index in [-0.39, 0.29) is 11.6 Å². The van der Waals surface area contributed by atoms with Crippen LogP contribution in [0.3, 0.4) is 0 Å². The molecule has 3 heterocycles. The highest BCUT2D eigenvalue weighted by Crippen LogP contribution is 2.20. The van der Waals surface area contributed by atoms with E-state index in [2.05, 4.69) is 14.8 Å². The van der Waals surface area contributed by atoms with Crippen molar-refractivity contribution >= 4 is 10.0 Å². The maximum atomic E-state index is 12.5. The lowest BCUT2D eigenvalue weighted by Gasteiger charge is -2.14. The van der Waals surface area contributed by atoms with Crippen LogP contribution in [0.15, 0.2) is 35.7 Å². The van der Waals surface area contributed by atoms with Crippen LogP contribution in [0.25, 0.3) is 0 Å². The van der Waals surface area contributed by atoms with E-state index in [9.17, 15) is 8.42 Å². The third-order valence-electron chi connectivity index (χ3n) is 4.07. The molecule has 9 heteroatoms. The zero-order valence-corrected chi connectivity index (χ0v) is 14.9. The van der Waals surface area contributed by atoms with Crippen molar-refractivity contribution in [2.45, 2.75) is 31.5 Å². The predicted molar refractivity (Wildman–Crippen MR) is 90.6 cm³/mol. The number of nitrogens with one attached hydrogen (secondary N) is 1. The van der Waals surface area contributed by atoms with Gasteiger partial charge in [0, 0.05) is 37.4 Å². The van der Waals surface area contributed by atoms with Gasteiger partial charge in [-0.1, -0.05) is 0 Å². The molecule has 1 saturated heterocycles. The molecule has 0 aromatic carbocycles. The fourth-order valence-corrected chi connectivity index (χ4v) is 3.83. The monoisotopic (exact) mass is 366 g/mol. The standard InChI is InChI=1S/C16H22N4O4S/c1-2-20-16(4-7-18-20)25(21,22)19-9-14-3-6-17-10-15(14)24-12-13-5-8-23-11-13/h3-4,6-7,10,13,19H,2,5,8-9,11-12H2,1H3. The molecule has 8 nitrogen and oxygen atoms in total. The first kappa shape index (κ1) is 17.8. The number of hydrogen-bond acceptors (Lipinski definition) is 6. The molecular formula is C16H22N4O4S. The van der Waals surface area contributed by atoms with Gasteiger partial charge in [-0.15, -0.1) is 0 Å². The van der Waals surface area contributed by atoms with Crippen LogP contribution < -0.4 is 9.46 Å². The molecule has 0 amide bonds. The lowest BCUT2D eigenvalue weighted by Crippen LogP contribution is -2.26. The number of aryl methyl sites for hydroxylation is 1. The smallest absolute Gasteiger partial charge is 0.258 e. The van der Waals surface area contributed by atoms with E-state index in [4.69, 9.17) is 9.47 Å². The minimum absolute atomic E-state index is 0.121. The average molecular weight is 366 g/mol. The molecule has 1 aliphatic heterocycles. The van der Waals surface area contributed by atoms with Gasteiger partial charge in [0.1, 0.15) is 5.75 Å². The first-order chi connectivity index (χ1) is 12.1.